The predicted molar refractivity (Wildman–Crippen MR) is 99.5 cm³/mol. The number of para-hydroxylation sites is 1. The molecule has 142 valence electrons. The van der Waals surface area contributed by atoms with Crippen LogP contribution in [0.2, 0.25) is 0 Å². The van der Waals surface area contributed by atoms with Gasteiger partial charge < -0.3 is 21.3 Å². The van der Waals surface area contributed by atoms with Gasteiger partial charge in [0.1, 0.15) is 0 Å². The first-order chi connectivity index (χ1) is 12.5. The molecule has 0 aromatic heterocycles. The predicted octanol–water partition coefficient (Wildman–Crippen LogP) is -0.593. The number of amides is 3. The topological polar surface area (TPSA) is 108 Å². The van der Waals surface area contributed by atoms with Gasteiger partial charge >= 0.3 is 0 Å². The van der Waals surface area contributed by atoms with Crippen molar-refractivity contribution in [3.8, 4) is 0 Å². The Balaban J connectivity index is 1.75. The zero-order valence-electron chi connectivity index (χ0n) is 15.2. The molecule has 0 radical (unpaired) electrons. The van der Waals surface area contributed by atoms with E-state index in [0.717, 1.165) is 17.7 Å². The van der Waals surface area contributed by atoms with Gasteiger partial charge in [-0.05, 0) is 18.1 Å². The van der Waals surface area contributed by atoms with Crippen molar-refractivity contribution in [1.29, 1.82) is 0 Å². The summed E-state index contributed by atoms with van der Waals surface area (Å²) in [6, 6.07) is 7.77. The molecule has 1 fully saturated rings. The molecule has 1 heterocycles. The van der Waals surface area contributed by atoms with Crippen LogP contribution in [0.1, 0.15) is 12.5 Å². The summed E-state index contributed by atoms with van der Waals surface area (Å²) in [6.07, 6.45) is 0.859. The standard InChI is InChI=1S/C18H27N5O3/c1-2-14-5-3-4-6-15(14)21-17(25)13-22-7-9-23(10-8-22)18(26)12-20-16(24)11-19/h3-6H,2,7-13,19H2,1H3,(H,20,24)(H,21,25). The lowest BCUT2D eigenvalue weighted by Gasteiger charge is -2.34. The second-order valence-electron chi connectivity index (χ2n) is 6.20. The number of carbonyl (C=O) groups is 3. The number of hydrogen-bond donors (Lipinski definition) is 3. The first kappa shape index (κ1) is 19.9. The maximum atomic E-state index is 12.3. The molecule has 1 aromatic carbocycles. The van der Waals surface area contributed by atoms with E-state index in [0.29, 0.717) is 32.7 Å². The Kier molecular flexibility index (Phi) is 7.55. The van der Waals surface area contributed by atoms with Gasteiger partial charge in [0.05, 0.1) is 19.6 Å². The van der Waals surface area contributed by atoms with E-state index >= 15 is 0 Å². The molecule has 1 aliphatic rings. The number of aryl methyl sites for hydroxylation is 1. The zero-order valence-corrected chi connectivity index (χ0v) is 15.2. The Morgan fingerprint density at radius 2 is 1.77 bits per heavy atom. The van der Waals surface area contributed by atoms with E-state index in [1.807, 2.05) is 29.2 Å². The first-order valence-corrected chi connectivity index (χ1v) is 8.88. The highest BCUT2D eigenvalue weighted by Crippen LogP contribution is 2.15. The number of hydrogen-bond acceptors (Lipinski definition) is 5. The van der Waals surface area contributed by atoms with Crippen molar-refractivity contribution < 1.29 is 14.4 Å². The van der Waals surface area contributed by atoms with E-state index in [-0.39, 0.29) is 30.8 Å². The minimum atomic E-state index is -0.346. The lowest BCUT2D eigenvalue weighted by Crippen LogP contribution is -2.52. The molecule has 26 heavy (non-hydrogen) atoms. The van der Waals surface area contributed by atoms with Crippen LogP contribution >= 0.6 is 0 Å². The fourth-order valence-corrected chi connectivity index (χ4v) is 2.86. The SMILES string of the molecule is CCc1ccccc1NC(=O)CN1CCN(C(=O)CNC(=O)CN)CC1. The molecule has 1 aliphatic heterocycles. The van der Waals surface area contributed by atoms with E-state index in [4.69, 9.17) is 5.73 Å². The van der Waals surface area contributed by atoms with Gasteiger partial charge in [-0.1, -0.05) is 25.1 Å². The highest BCUT2D eigenvalue weighted by molar-refractivity contribution is 5.93. The lowest BCUT2D eigenvalue weighted by atomic mass is 10.1. The number of anilines is 1. The van der Waals surface area contributed by atoms with Gasteiger partial charge in [-0.15, -0.1) is 0 Å². The van der Waals surface area contributed by atoms with Crippen LogP contribution in [0, 0.1) is 0 Å². The van der Waals surface area contributed by atoms with Crippen LogP contribution < -0.4 is 16.4 Å². The fraction of sp³-hybridized carbons (Fsp3) is 0.500. The summed E-state index contributed by atoms with van der Waals surface area (Å²) in [5.41, 5.74) is 7.15. The second-order valence-corrected chi connectivity index (χ2v) is 6.20. The van der Waals surface area contributed by atoms with Crippen LogP contribution in [0.3, 0.4) is 0 Å². The number of piperazine rings is 1. The Bertz CT molecular complexity index is 641. The highest BCUT2D eigenvalue weighted by atomic mass is 16.2. The molecule has 8 heteroatoms. The molecule has 0 bridgehead atoms. The Hall–Kier alpha value is -2.45. The van der Waals surface area contributed by atoms with Gasteiger partial charge in [-0.3, -0.25) is 19.3 Å². The van der Waals surface area contributed by atoms with Gasteiger partial charge in [0, 0.05) is 31.9 Å². The summed E-state index contributed by atoms with van der Waals surface area (Å²) in [4.78, 5) is 39.1. The largest absolute Gasteiger partial charge is 0.346 e. The number of nitrogens with zero attached hydrogens (tertiary/aromatic N) is 2. The van der Waals surface area contributed by atoms with Gasteiger partial charge in [0.15, 0.2) is 0 Å². The Labute approximate surface area is 153 Å². The van der Waals surface area contributed by atoms with Crippen LogP contribution in [0.5, 0.6) is 0 Å². The van der Waals surface area contributed by atoms with Gasteiger partial charge in [0.2, 0.25) is 17.7 Å². The summed E-state index contributed by atoms with van der Waals surface area (Å²) in [7, 11) is 0. The van der Waals surface area contributed by atoms with Crippen molar-refractivity contribution in [2.75, 3.05) is 51.1 Å². The van der Waals surface area contributed by atoms with E-state index in [1.165, 1.54) is 0 Å². The molecule has 0 atom stereocenters. The van der Waals surface area contributed by atoms with Crippen molar-refractivity contribution in [2.45, 2.75) is 13.3 Å². The minimum absolute atomic E-state index is 0.0374. The molecule has 0 aliphatic carbocycles. The summed E-state index contributed by atoms with van der Waals surface area (Å²) in [6.45, 7) is 4.51. The molecule has 0 saturated carbocycles. The summed E-state index contributed by atoms with van der Waals surface area (Å²) < 4.78 is 0. The normalized spacial score (nSPS) is 14.8. The van der Waals surface area contributed by atoms with E-state index in [1.54, 1.807) is 4.90 Å². The zero-order chi connectivity index (χ0) is 18.9. The molecule has 3 amide bonds. The molecular weight excluding hydrogens is 334 g/mol. The van der Waals surface area contributed by atoms with Gasteiger partial charge in [-0.2, -0.15) is 0 Å². The minimum Gasteiger partial charge on any atom is -0.346 e. The van der Waals surface area contributed by atoms with Crippen LogP contribution in [0.25, 0.3) is 0 Å². The molecular formula is C18H27N5O3. The summed E-state index contributed by atoms with van der Waals surface area (Å²) in [5.74, 6) is -0.533. The quantitative estimate of drug-likeness (QED) is 0.601. The van der Waals surface area contributed by atoms with Crippen molar-refractivity contribution in [3.63, 3.8) is 0 Å². The van der Waals surface area contributed by atoms with Gasteiger partial charge in [0.25, 0.3) is 0 Å². The van der Waals surface area contributed by atoms with Crippen LogP contribution in [0.15, 0.2) is 24.3 Å². The van der Waals surface area contributed by atoms with Crippen molar-refractivity contribution in [2.24, 2.45) is 5.73 Å². The van der Waals surface area contributed by atoms with Gasteiger partial charge in [-0.25, -0.2) is 0 Å². The number of benzene rings is 1. The van der Waals surface area contributed by atoms with Crippen LogP contribution in [0.4, 0.5) is 5.69 Å². The third-order valence-electron chi connectivity index (χ3n) is 4.39. The van der Waals surface area contributed by atoms with Crippen molar-refractivity contribution >= 4 is 23.4 Å². The average Bonchev–Trinajstić information content (AvgIpc) is 2.66. The molecule has 0 spiro atoms. The van der Waals surface area contributed by atoms with Crippen LogP contribution in [-0.2, 0) is 20.8 Å². The molecule has 0 unspecified atom stereocenters. The maximum Gasteiger partial charge on any atom is 0.242 e. The third kappa shape index (κ3) is 5.82. The smallest absolute Gasteiger partial charge is 0.242 e. The number of nitrogens with two attached hydrogens (primary N) is 1. The molecule has 8 nitrogen and oxygen atoms in total. The maximum absolute atomic E-state index is 12.3. The molecule has 1 saturated heterocycles. The molecule has 4 N–H and O–H groups in total. The highest BCUT2D eigenvalue weighted by Gasteiger charge is 2.22. The van der Waals surface area contributed by atoms with E-state index in [2.05, 4.69) is 17.6 Å². The number of nitrogens with one attached hydrogen (secondary N) is 2. The summed E-state index contributed by atoms with van der Waals surface area (Å²) in [5, 5.41) is 5.44. The van der Waals surface area contributed by atoms with Crippen molar-refractivity contribution in [3.05, 3.63) is 29.8 Å². The van der Waals surface area contributed by atoms with Crippen LogP contribution in [-0.4, -0.2) is 73.3 Å². The number of carbonyl (C=O) groups excluding carboxylic acids is 3. The molecule has 2 rings (SSSR count). The fourth-order valence-electron chi connectivity index (χ4n) is 2.86. The Morgan fingerprint density at radius 1 is 1.08 bits per heavy atom. The third-order valence-corrected chi connectivity index (χ3v) is 4.39. The molecule has 1 aromatic rings. The monoisotopic (exact) mass is 361 g/mol. The first-order valence-electron chi connectivity index (χ1n) is 8.88. The van der Waals surface area contributed by atoms with E-state index < -0.39 is 0 Å². The second kappa shape index (κ2) is 9.88. The average molecular weight is 361 g/mol. The van der Waals surface area contributed by atoms with Crippen molar-refractivity contribution in [1.82, 2.24) is 15.1 Å². The number of rotatable bonds is 7. The summed E-state index contributed by atoms with van der Waals surface area (Å²) >= 11 is 0. The van der Waals surface area contributed by atoms with E-state index in [9.17, 15) is 14.4 Å². The Morgan fingerprint density at radius 3 is 2.42 bits per heavy atom. The lowest BCUT2D eigenvalue weighted by molar-refractivity contribution is -0.134.